The lowest BCUT2D eigenvalue weighted by atomic mass is 10.2. The molecule has 4 nitrogen and oxygen atoms in total. The quantitative estimate of drug-likeness (QED) is 0.869. The standard InChI is InChI=1S/C11H22N2O2S2Si/c1-11(2,3)18(5,6)13-17(12,14)10-8-7-9(15-4)16-10/h7-8H,1-6H3,(H2,12,13,14). The second-order valence-corrected chi connectivity index (χ2v) is 14.0. The van der Waals surface area contributed by atoms with Gasteiger partial charge in [0.1, 0.15) is 14.1 Å². The summed E-state index contributed by atoms with van der Waals surface area (Å²) in [4.78, 5) is 0. The van der Waals surface area contributed by atoms with E-state index in [9.17, 15) is 4.21 Å². The Bertz CT molecular complexity index is 537. The molecule has 1 rings (SSSR count). The maximum atomic E-state index is 12.6. The predicted octanol–water partition coefficient (Wildman–Crippen LogP) is 3.46. The Morgan fingerprint density at radius 1 is 1.39 bits per heavy atom. The van der Waals surface area contributed by atoms with Crippen LogP contribution >= 0.6 is 11.3 Å². The fourth-order valence-corrected chi connectivity index (χ4v) is 7.14. The first-order valence-electron chi connectivity index (χ1n) is 5.69. The molecule has 0 amide bonds. The molecular weight excluding hydrogens is 284 g/mol. The van der Waals surface area contributed by atoms with Crippen molar-refractivity contribution in [3.63, 3.8) is 0 Å². The minimum Gasteiger partial charge on any atom is -0.487 e. The third-order valence-corrected chi connectivity index (χ3v) is 12.3. The Hall–Kier alpha value is -0.373. The van der Waals surface area contributed by atoms with Gasteiger partial charge in [-0.3, -0.25) is 4.03 Å². The van der Waals surface area contributed by atoms with Crippen molar-refractivity contribution in [1.29, 1.82) is 0 Å². The van der Waals surface area contributed by atoms with Crippen LogP contribution in [0.25, 0.3) is 0 Å². The van der Waals surface area contributed by atoms with Gasteiger partial charge in [-0.1, -0.05) is 32.1 Å². The van der Waals surface area contributed by atoms with Gasteiger partial charge in [-0.15, -0.1) is 0 Å². The number of nitrogens with two attached hydrogens (primary N) is 1. The molecule has 0 fully saturated rings. The number of ether oxygens (including phenoxy) is 1. The van der Waals surface area contributed by atoms with E-state index in [0.717, 1.165) is 0 Å². The van der Waals surface area contributed by atoms with Gasteiger partial charge in [0.2, 0.25) is 0 Å². The second-order valence-electron chi connectivity index (χ2n) is 5.75. The summed E-state index contributed by atoms with van der Waals surface area (Å²) < 4.78 is 22.8. The third kappa shape index (κ3) is 3.34. The summed E-state index contributed by atoms with van der Waals surface area (Å²) in [7, 11) is -3.27. The number of hydrogen-bond acceptors (Lipinski definition) is 4. The number of methoxy groups -OCH3 is 1. The Kier molecular flexibility index (Phi) is 4.32. The molecule has 104 valence electrons. The van der Waals surface area contributed by atoms with E-state index < -0.39 is 18.2 Å². The van der Waals surface area contributed by atoms with Crippen molar-refractivity contribution in [2.45, 2.75) is 43.1 Å². The summed E-state index contributed by atoms with van der Waals surface area (Å²) >= 11 is 1.30. The molecule has 0 aliphatic heterocycles. The van der Waals surface area contributed by atoms with E-state index in [0.29, 0.717) is 9.27 Å². The number of hydrogen-bond donors (Lipinski definition) is 1. The van der Waals surface area contributed by atoms with Gasteiger partial charge in [0.05, 0.1) is 7.11 Å². The van der Waals surface area contributed by atoms with Gasteiger partial charge >= 0.3 is 0 Å². The van der Waals surface area contributed by atoms with Gasteiger partial charge in [0, 0.05) is 0 Å². The van der Waals surface area contributed by atoms with Gasteiger partial charge in [-0.05, 0) is 30.3 Å². The van der Waals surface area contributed by atoms with Crippen molar-refractivity contribution in [3.05, 3.63) is 12.1 Å². The summed E-state index contributed by atoms with van der Waals surface area (Å²) in [6.07, 6.45) is 0. The van der Waals surface area contributed by atoms with Gasteiger partial charge in [-0.25, -0.2) is 9.35 Å². The summed E-state index contributed by atoms with van der Waals surface area (Å²) in [6.45, 7) is 10.5. The summed E-state index contributed by atoms with van der Waals surface area (Å²) in [5.41, 5.74) is 0. The van der Waals surface area contributed by atoms with Crippen LogP contribution in [0.3, 0.4) is 0 Å². The van der Waals surface area contributed by atoms with E-state index in [1.54, 1.807) is 19.2 Å². The van der Waals surface area contributed by atoms with Crippen LogP contribution in [-0.4, -0.2) is 19.6 Å². The number of nitrogens with zero attached hydrogens (tertiary/aromatic N) is 1. The molecule has 0 saturated carbocycles. The van der Waals surface area contributed by atoms with Crippen LogP contribution in [0, 0.1) is 0 Å². The molecule has 1 unspecified atom stereocenters. The van der Waals surface area contributed by atoms with Gasteiger partial charge in [0.15, 0.2) is 13.3 Å². The average Bonchev–Trinajstić information content (AvgIpc) is 2.62. The Morgan fingerprint density at radius 2 is 1.94 bits per heavy atom. The van der Waals surface area contributed by atoms with E-state index in [2.05, 4.69) is 37.9 Å². The lowest BCUT2D eigenvalue weighted by Crippen LogP contribution is -2.37. The fourth-order valence-electron chi connectivity index (χ4n) is 1.09. The van der Waals surface area contributed by atoms with Gasteiger partial charge in [0.25, 0.3) is 0 Å². The van der Waals surface area contributed by atoms with Crippen LogP contribution in [0.15, 0.2) is 20.4 Å². The molecule has 0 aliphatic rings. The highest BCUT2D eigenvalue weighted by molar-refractivity contribution is 7.94. The van der Waals surface area contributed by atoms with Crippen LogP contribution in [-0.2, 0) is 9.92 Å². The lowest BCUT2D eigenvalue weighted by Gasteiger charge is -2.32. The highest BCUT2D eigenvalue weighted by Gasteiger charge is 2.37. The van der Waals surface area contributed by atoms with Crippen molar-refractivity contribution >= 4 is 29.5 Å². The summed E-state index contributed by atoms with van der Waals surface area (Å²) in [6, 6.07) is 3.51. The van der Waals surface area contributed by atoms with E-state index in [4.69, 9.17) is 9.88 Å². The van der Waals surface area contributed by atoms with Crippen molar-refractivity contribution in [2.24, 2.45) is 9.17 Å². The molecule has 0 aromatic carbocycles. The smallest absolute Gasteiger partial charge is 0.195 e. The van der Waals surface area contributed by atoms with Crippen LogP contribution < -0.4 is 9.88 Å². The zero-order chi connectivity index (χ0) is 14.2. The highest BCUT2D eigenvalue weighted by atomic mass is 32.2. The topological polar surface area (TPSA) is 64.7 Å². The Morgan fingerprint density at radius 3 is 2.33 bits per heavy atom. The molecule has 0 radical (unpaired) electrons. The minimum absolute atomic E-state index is 0.0242. The Labute approximate surface area is 115 Å². The molecule has 0 aliphatic carbocycles. The maximum Gasteiger partial charge on any atom is 0.195 e. The molecule has 1 atom stereocenters. The average molecular weight is 307 g/mol. The fraction of sp³-hybridized carbons (Fsp3) is 0.636. The van der Waals surface area contributed by atoms with Crippen molar-refractivity contribution < 1.29 is 8.95 Å². The van der Waals surface area contributed by atoms with E-state index in [1.807, 2.05) is 0 Å². The monoisotopic (exact) mass is 306 g/mol. The molecule has 1 heterocycles. The number of rotatable bonds is 3. The molecule has 0 spiro atoms. The normalized spacial score (nSPS) is 16.2. The molecule has 2 N–H and O–H groups in total. The molecule has 0 saturated heterocycles. The van der Waals surface area contributed by atoms with Gasteiger partial charge < -0.3 is 4.74 Å². The van der Waals surface area contributed by atoms with Crippen molar-refractivity contribution in [2.75, 3.05) is 7.11 Å². The zero-order valence-corrected chi connectivity index (χ0v) is 14.4. The number of thiophene rings is 1. The molecule has 7 heteroatoms. The largest absolute Gasteiger partial charge is 0.487 e. The predicted molar refractivity (Wildman–Crippen MR) is 81.1 cm³/mol. The highest BCUT2D eigenvalue weighted by Crippen LogP contribution is 2.38. The van der Waals surface area contributed by atoms with Crippen molar-refractivity contribution in [1.82, 2.24) is 0 Å². The maximum absolute atomic E-state index is 12.6. The molecular formula is C11H22N2O2S2Si. The van der Waals surface area contributed by atoms with Gasteiger partial charge in [-0.2, -0.15) is 0 Å². The molecule has 1 aromatic rings. The first-order valence-corrected chi connectivity index (χ1v) is 11.0. The second kappa shape index (κ2) is 4.95. The van der Waals surface area contributed by atoms with E-state index in [1.165, 1.54) is 11.3 Å². The lowest BCUT2D eigenvalue weighted by molar-refractivity contribution is 0.427. The van der Waals surface area contributed by atoms with Crippen LogP contribution in [0.1, 0.15) is 20.8 Å². The molecule has 1 aromatic heterocycles. The zero-order valence-electron chi connectivity index (χ0n) is 11.8. The third-order valence-electron chi connectivity index (χ3n) is 3.25. The Balaban J connectivity index is 3.25. The molecule has 0 bridgehead atoms. The van der Waals surface area contributed by atoms with Crippen LogP contribution in [0.4, 0.5) is 0 Å². The SMILES string of the molecule is COc1ccc(S(N)(=O)=N[Si](C)(C)C(C)(C)C)s1. The van der Waals surface area contributed by atoms with Crippen LogP contribution in [0.2, 0.25) is 18.1 Å². The summed E-state index contributed by atoms with van der Waals surface area (Å²) in [5.74, 6) is 0. The minimum atomic E-state index is -2.82. The van der Waals surface area contributed by atoms with Crippen LogP contribution in [0.5, 0.6) is 5.06 Å². The molecule has 18 heavy (non-hydrogen) atoms. The van der Waals surface area contributed by atoms with Crippen molar-refractivity contribution in [3.8, 4) is 5.06 Å². The first-order chi connectivity index (χ1) is 7.99. The van der Waals surface area contributed by atoms with E-state index >= 15 is 0 Å². The first kappa shape index (κ1) is 15.7. The summed E-state index contributed by atoms with van der Waals surface area (Å²) in [5, 5.41) is 6.67. The van der Waals surface area contributed by atoms with E-state index in [-0.39, 0.29) is 5.04 Å².